The number of likely N-dealkylation sites (N-methyl/N-ethyl adjacent to an activating group) is 1. The highest BCUT2D eigenvalue weighted by Crippen LogP contribution is 2.20. The van der Waals surface area contributed by atoms with Crippen molar-refractivity contribution in [2.24, 2.45) is 0 Å². The van der Waals surface area contributed by atoms with Crippen LogP contribution in [-0.2, 0) is 0 Å². The molecule has 0 amide bonds. The predicted octanol–water partition coefficient (Wildman–Crippen LogP) is 0.243. The molecule has 3 heteroatoms. The summed E-state index contributed by atoms with van der Waals surface area (Å²) in [7, 11) is 4.45. The second kappa shape index (κ2) is 3.32. The molecule has 0 aromatic heterocycles. The van der Waals surface area contributed by atoms with Gasteiger partial charge in [-0.25, -0.2) is 0 Å². The van der Waals surface area contributed by atoms with E-state index < -0.39 is 0 Å². The normalized spacial score (nSPS) is 35.0. The summed E-state index contributed by atoms with van der Waals surface area (Å²) < 4.78 is 0. The molecule has 3 nitrogen and oxygen atoms in total. The van der Waals surface area contributed by atoms with Crippen LogP contribution < -0.4 is 0 Å². The maximum Gasteiger partial charge on any atom is 0.0631 e. The maximum atomic E-state index is 2.59. The van der Waals surface area contributed by atoms with Crippen LogP contribution in [0, 0.1) is 0 Å². The minimum Gasteiger partial charge on any atom is -0.292 e. The Hall–Kier alpha value is -0.120. The van der Waals surface area contributed by atoms with Gasteiger partial charge in [-0.05, 0) is 33.5 Å². The van der Waals surface area contributed by atoms with Crippen molar-refractivity contribution in [2.45, 2.75) is 19.0 Å². The Bertz CT molecular complexity index is 160. The van der Waals surface area contributed by atoms with E-state index in [2.05, 4.69) is 28.8 Å². The van der Waals surface area contributed by atoms with Crippen LogP contribution in [-0.4, -0.2) is 61.3 Å². The van der Waals surface area contributed by atoms with Gasteiger partial charge in [0.2, 0.25) is 0 Å². The van der Waals surface area contributed by atoms with E-state index in [0.29, 0.717) is 0 Å². The van der Waals surface area contributed by atoms with Crippen LogP contribution in [0.3, 0.4) is 0 Å². The molecule has 0 unspecified atom stereocenters. The molecule has 0 N–H and O–H groups in total. The molecular weight excluding hydrogens is 150 g/mol. The third-order valence-corrected chi connectivity index (χ3v) is 3.10. The Morgan fingerprint density at radius 1 is 1.08 bits per heavy atom. The molecule has 0 aliphatic carbocycles. The summed E-state index contributed by atoms with van der Waals surface area (Å²) in [4.78, 5) is 7.47. The molecule has 1 atom stereocenters. The van der Waals surface area contributed by atoms with Crippen molar-refractivity contribution in [3.05, 3.63) is 0 Å². The van der Waals surface area contributed by atoms with E-state index in [4.69, 9.17) is 0 Å². The minimum absolute atomic E-state index is 0.731. The SMILES string of the molecule is CN1CCN([C@@H]2CCCN2C)C1. The van der Waals surface area contributed by atoms with E-state index in [1.54, 1.807) is 0 Å². The lowest BCUT2D eigenvalue weighted by Crippen LogP contribution is -2.42. The second-order valence-electron chi connectivity index (χ2n) is 4.14. The molecule has 2 aliphatic rings. The summed E-state index contributed by atoms with van der Waals surface area (Å²) in [5, 5.41) is 0. The van der Waals surface area contributed by atoms with E-state index in [9.17, 15) is 0 Å². The standard InChI is InChI=1S/C9H19N3/c1-10-6-7-12(8-10)9-4-3-5-11(9)2/h9H,3-8H2,1-2H3/t9-/m1/s1. The van der Waals surface area contributed by atoms with E-state index in [1.165, 1.54) is 32.5 Å². The summed E-state index contributed by atoms with van der Waals surface area (Å²) in [5.74, 6) is 0. The second-order valence-corrected chi connectivity index (χ2v) is 4.14. The fraction of sp³-hybridized carbons (Fsp3) is 1.00. The van der Waals surface area contributed by atoms with Gasteiger partial charge in [0.25, 0.3) is 0 Å². The third kappa shape index (κ3) is 1.49. The maximum absolute atomic E-state index is 2.59. The van der Waals surface area contributed by atoms with Gasteiger partial charge in [0.1, 0.15) is 0 Å². The van der Waals surface area contributed by atoms with Crippen molar-refractivity contribution in [1.82, 2.24) is 14.7 Å². The van der Waals surface area contributed by atoms with Crippen molar-refractivity contribution in [3.63, 3.8) is 0 Å². The molecule has 0 bridgehead atoms. The molecule has 2 saturated heterocycles. The summed E-state index contributed by atoms with van der Waals surface area (Å²) in [6.45, 7) is 4.94. The van der Waals surface area contributed by atoms with Gasteiger partial charge in [-0.3, -0.25) is 14.7 Å². The van der Waals surface area contributed by atoms with Gasteiger partial charge in [-0.2, -0.15) is 0 Å². The number of rotatable bonds is 1. The molecule has 0 aromatic rings. The average molecular weight is 169 g/mol. The summed E-state index contributed by atoms with van der Waals surface area (Å²) in [5.41, 5.74) is 0. The Morgan fingerprint density at radius 2 is 1.92 bits per heavy atom. The monoisotopic (exact) mass is 169 g/mol. The number of nitrogens with zero attached hydrogens (tertiary/aromatic N) is 3. The van der Waals surface area contributed by atoms with E-state index in [1.807, 2.05) is 0 Å². The zero-order valence-corrected chi connectivity index (χ0v) is 8.16. The first kappa shape index (κ1) is 8.48. The van der Waals surface area contributed by atoms with Crippen LogP contribution in [0.15, 0.2) is 0 Å². The topological polar surface area (TPSA) is 9.72 Å². The molecule has 12 heavy (non-hydrogen) atoms. The zero-order valence-electron chi connectivity index (χ0n) is 8.16. The summed E-state index contributed by atoms with van der Waals surface area (Å²) in [6, 6.07) is 0. The summed E-state index contributed by atoms with van der Waals surface area (Å²) in [6.07, 6.45) is 3.47. The Labute approximate surface area is 74.9 Å². The highest BCUT2D eigenvalue weighted by Gasteiger charge is 2.30. The van der Waals surface area contributed by atoms with E-state index >= 15 is 0 Å². The van der Waals surface area contributed by atoms with E-state index in [-0.39, 0.29) is 0 Å². The largest absolute Gasteiger partial charge is 0.292 e. The summed E-state index contributed by atoms with van der Waals surface area (Å²) >= 11 is 0. The van der Waals surface area contributed by atoms with Crippen molar-refractivity contribution in [3.8, 4) is 0 Å². The van der Waals surface area contributed by atoms with Crippen LogP contribution in [0.2, 0.25) is 0 Å². The minimum atomic E-state index is 0.731. The first-order chi connectivity index (χ1) is 5.77. The van der Waals surface area contributed by atoms with Crippen LogP contribution in [0.1, 0.15) is 12.8 Å². The average Bonchev–Trinajstić information content (AvgIpc) is 2.58. The van der Waals surface area contributed by atoms with Gasteiger partial charge >= 0.3 is 0 Å². The lowest BCUT2D eigenvalue weighted by Gasteiger charge is -2.29. The molecule has 2 aliphatic heterocycles. The molecular formula is C9H19N3. The van der Waals surface area contributed by atoms with Crippen molar-refractivity contribution < 1.29 is 0 Å². The highest BCUT2D eigenvalue weighted by molar-refractivity contribution is 4.80. The van der Waals surface area contributed by atoms with Gasteiger partial charge in [-0.1, -0.05) is 0 Å². The predicted molar refractivity (Wildman–Crippen MR) is 49.9 cm³/mol. The van der Waals surface area contributed by atoms with Gasteiger partial charge < -0.3 is 0 Å². The molecule has 0 spiro atoms. The lowest BCUT2D eigenvalue weighted by molar-refractivity contribution is 0.103. The van der Waals surface area contributed by atoms with Gasteiger partial charge in [0.15, 0.2) is 0 Å². The molecule has 0 radical (unpaired) electrons. The molecule has 2 heterocycles. The fourth-order valence-electron chi connectivity index (χ4n) is 2.35. The Kier molecular flexibility index (Phi) is 2.35. The van der Waals surface area contributed by atoms with Gasteiger partial charge in [0.05, 0.1) is 12.8 Å². The fourth-order valence-corrected chi connectivity index (χ4v) is 2.35. The van der Waals surface area contributed by atoms with Crippen molar-refractivity contribution in [2.75, 3.05) is 40.4 Å². The molecule has 2 rings (SSSR count). The third-order valence-electron chi connectivity index (χ3n) is 3.10. The molecule has 70 valence electrons. The quantitative estimate of drug-likeness (QED) is 0.557. The Morgan fingerprint density at radius 3 is 2.42 bits per heavy atom. The van der Waals surface area contributed by atoms with E-state index in [0.717, 1.165) is 12.8 Å². The number of hydrogen-bond acceptors (Lipinski definition) is 3. The smallest absolute Gasteiger partial charge is 0.0631 e. The van der Waals surface area contributed by atoms with Crippen LogP contribution in [0.5, 0.6) is 0 Å². The Balaban J connectivity index is 1.91. The van der Waals surface area contributed by atoms with Crippen molar-refractivity contribution >= 4 is 0 Å². The molecule has 0 aromatic carbocycles. The molecule has 2 fully saturated rings. The van der Waals surface area contributed by atoms with Gasteiger partial charge in [0, 0.05) is 13.1 Å². The first-order valence-corrected chi connectivity index (χ1v) is 4.90. The first-order valence-electron chi connectivity index (χ1n) is 4.90. The number of hydrogen-bond donors (Lipinski definition) is 0. The zero-order chi connectivity index (χ0) is 8.55. The van der Waals surface area contributed by atoms with Crippen molar-refractivity contribution in [1.29, 1.82) is 0 Å². The highest BCUT2D eigenvalue weighted by atomic mass is 15.4. The number of likely N-dealkylation sites (tertiary alicyclic amines) is 1. The van der Waals surface area contributed by atoms with Crippen LogP contribution >= 0.6 is 0 Å². The van der Waals surface area contributed by atoms with Gasteiger partial charge in [-0.15, -0.1) is 0 Å². The van der Waals surface area contributed by atoms with Crippen LogP contribution in [0.25, 0.3) is 0 Å². The van der Waals surface area contributed by atoms with Crippen LogP contribution in [0.4, 0.5) is 0 Å². The molecule has 0 saturated carbocycles. The lowest BCUT2D eigenvalue weighted by atomic mass is 10.3.